The molecule has 0 spiro atoms. The number of carboxylic acid groups (broad SMARTS) is 1. The molecule has 2 N–H and O–H groups in total. The highest BCUT2D eigenvalue weighted by Crippen LogP contribution is 2.44. The van der Waals surface area contributed by atoms with Gasteiger partial charge in [-0.1, -0.05) is 48.5 Å². The van der Waals surface area contributed by atoms with Crippen molar-refractivity contribution in [2.24, 2.45) is 0 Å². The molecule has 2 amide bonds. The zero-order valence-electron chi connectivity index (χ0n) is 18.7. The quantitative estimate of drug-likeness (QED) is 0.698. The van der Waals surface area contributed by atoms with Gasteiger partial charge in [0.25, 0.3) is 0 Å². The molecule has 2 aliphatic rings. The summed E-state index contributed by atoms with van der Waals surface area (Å²) in [5.74, 6) is -1.39. The third-order valence-corrected chi connectivity index (χ3v) is 6.27. The van der Waals surface area contributed by atoms with E-state index in [0.29, 0.717) is 6.54 Å². The number of benzene rings is 2. The molecule has 0 radical (unpaired) electrons. The van der Waals surface area contributed by atoms with E-state index in [1.807, 2.05) is 24.3 Å². The number of amides is 2. The Morgan fingerprint density at radius 1 is 1.15 bits per heavy atom. The van der Waals surface area contributed by atoms with Crippen molar-refractivity contribution in [1.82, 2.24) is 10.2 Å². The Kier molecular flexibility index (Phi) is 6.37. The van der Waals surface area contributed by atoms with Crippen LogP contribution in [0.2, 0.25) is 0 Å². The fourth-order valence-corrected chi connectivity index (χ4v) is 4.50. The van der Waals surface area contributed by atoms with E-state index in [-0.39, 0.29) is 38.0 Å². The fourth-order valence-electron chi connectivity index (χ4n) is 4.50. The summed E-state index contributed by atoms with van der Waals surface area (Å²) < 4.78 is 10.9. The van der Waals surface area contributed by atoms with Crippen LogP contribution in [0.5, 0.6) is 0 Å². The van der Waals surface area contributed by atoms with Crippen LogP contribution in [0, 0.1) is 0 Å². The summed E-state index contributed by atoms with van der Waals surface area (Å²) in [5, 5.41) is 12.0. The lowest BCUT2D eigenvalue weighted by Crippen LogP contribution is -2.56. The van der Waals surface area contributed by atoms with Crippen LogP contribution in [-0.4, -0.2) is 65.9 Å². The number of alkyl carbamates (subject to hydrolysis) is 1. The lowest BCUT2D eigenvalue weighted by atomic mass is 9.98. The van der Waals surface area contributed by atoms with Gasteiger partial charge in [-0.05, 0) is 36.1 Å². The molecular formula is C25H28N2O6. The number of carbonyl (C=O) groups excluding carboxylic acids is 2. The summed E-state index contributed by atoms with van der Waals surface area (Å²) in [6.45, 7) is 3.81. The molecule has 4 rings (SSSR count). The number of ether oxygens (including phenoxy) is 2. The molecule has 1 aliphatic carbocycles. The first kappa shape index (κ1) is 22.8. The van der Waals surface area contributed by atoms with Gasteiger partial charge in [0, 0.05) is 24.9 Å². The summed E-state index contributed by atoms with van der Waals surface area (Å²) in [5.41, 5.74) is 3.14. The van der Waals surface area contributed by atoms with E-state index in [4.69, 9.17) is 9.47 Å². The number of nitrogens with one attached hydrogen (secondary N) is 1. The SMILES string of the molecule is C[C@H](CC(=O)N1CCOC(C)(C(=O)O)C1)NC(=O)OCC1c2ccccc2-c2ccccc21. The molecule has 1 fully saturated rings. The first-order valence-electron chi connectivity index (χ1n) is 11.0. The Bertz CT molecular complexity index is 1020. The maximum atomic E-state index is 12.6. The maximum Gasteiger partial charge on any atom is 0.407 e. The molecule has 1 unspecified atom stereocenters. The molecule has 0 aromatic heterocycles. The number of rotatable bonds is 6. The number of nitrogens with zero attached hydrogens (tertiary/aromatic N) is 1. The highest BCUT2D eigenvalue weighted by Gasteiger charge is 2.41. The van der Waals surface area contributed by atoms with E-state index >= 15 is 0 Å². The molecular weight excluding hydrogens is 424 g/mol. The highest BCUT2D eigenvalue weighted by atomic mass is 16.5. The van der Waals surface area contributed by atoms with Crippen LogP contribution < -0.4 is 5.32 Å². The smallest absolute Gasteiger partial charge is 0.407 e. The molecule has 1 heterocycles. The lowest BCUT2D eigenvalue weighted by Gasteiger charge is -2.37. The fraction of sp³-hybridized carbons (Fsp3) is 0.400. The van der Waals surface area contributed by atoms with Gasteiger partial charge >= 0.3 is 12.1 Å². The number of carbonyl (C=O) groups is 3. The third-order valence-electron chi connectivity index (χ3n) is 6.27. The van der Waals surface area contributed by atoms with Crippen molar-refractivity contribution in [2.45, 2.75) is 37.8 Å². The molecule has 2 atom stereocenters. The normalized spacial score (nSPS) is 20.5. The standard InChI is InChI=1S/C25H28N2O6/c1-16(13-22(28)27-11-12-33-25(2,15-27)23(29)30)26-24(31)32-14-21-19-9-5-3-7-17(19)18-8-4-6-10-20(18)21/h3-10,16,21H,11-15H2,1-2H3,(H,26,31)(H,29,30)/t16-,25?/m1/s1. The highest BCUT2D eigenvalue weighted by molar-refractivity contribution is 5.82. The Morgan fingerprint density at radius 3 is 2.36 bits per heavy atom. The molecule has 0 bridgehead atoms. The van der Waals surface area contributed by atoms with E-state index in [1.165, 1.54) is 11.8 Å². The topological polar surface area (TPSA) is 105 Å². The van der Waals surface area contributed by atoms with Crippen LogP contribution >= 0.6 is 0 Å². The van der Waals surface area contributed by atoms with Crippen LogP contribution in [0.4, 0.5) is 4.79 Å². The molecule has 0 saturated carbocycles. The monoisotopic (exact) mass is 452 g/mol. The molecule has 8 nitrogen and oxygen atoms in total. The summed E-state index contributed by atoms with van der Waals surface area (Å²) in [7, 11) is 0. The van der Waals surface area contributed by atoms with Crippen molar-refractivity contribution >= 4 is 18.0 Å². The average molecular weight is 453 g/mol. The van der Waals surface area contributed by atoms with Gasteiger partial charge in [-0.3, -0.25) is 4.79 Å². The second-order valence-electron chi connectivity index (χ2n) is 8.77. The van der Waals surface area contributed by atoms with Gasteiger partial charge in [-0.15, -0.1) is 0 Å². The summed E-state index contributed by atoms with van der Waals surface area (Å²) in [6, 6.07) is 15.7. The average Bonchev–Trinajstić information content (AvgIpc) is 3.11. The zero-order chi connectivity index (χ0) is 23.6. The van der Waals surface area contributed by atoms with Crippen LogP contribution in [-0.2, 0) is 19.1 Å². The van der Waals surface area contributed by atoms with E-state index in [2.05, 4.69) is 29.6 Å². The maximum absolute atomic E-state index is 12.6. The first-order valence-corrected chi connectivity index (χ1v) is 11.0. The Labute approximate surface area is 192 Å². The summed E-state index contributed by atoms with van der Waals surface area (Å²) in [6.07, 6.45) is -0.547. The van der Waals surface area contributed by atoms with Crippen LogP contribution in [0.1, 0.15) is 37.3 Å². The predicted molar refractivity (Wildman–Crippen MR) is 121 cm³/mol. The summed E-state index contributed by atoms with van der Waals surface area (Å²) >= 11 is 0. The minimum atomic E-state index is -1.42. The van der Waals surface area contributed by atoms with Crippen LogP contribution in [0.3, 0.4) is 0 Å². The van der Waals surface area contributed by atoms with E-state index < -0.39 is 23.7 Å². The number of hydrogen-bond acceptors (Lipinski definition) is 5. The third kappa shape index (κ3) is 4.71. The van der Waals surface area contributed by atoms with Gasteiger partial charge in [0.2, 0.25) is 5.91 Å². The predicted octanol–water partition coefficient (Wildman–Crippen LogP) is 3.01. The van der Waals surface area contributed by atoms with Crippen molar-refractivity contribution in [3.05, 3.63) is 59.7 Å². The van der Waals surface area contributed by atoms with Crippen LogP contribution in [0.15, 0.2) is 48.5 Å². The van der Waals surface area contributed by atoms with Gasteiger partial charge in [-0.25, -0.2) is 9.59 Å². The Hall–Kier alpha value is -3.39. The van der Waals surface area contributed by atoms with Crippen molar-refractivity contribution in [3.8, 4) is 11.1 Å². The Balaban J connectivity index is 1.31. The first-order chi connectivity index (χ1) is 15.8. The van der Waals surface area contributed by atoms with Gasteiger partial charge in [-0.2, -0.15) is 0 Å². The zero-order valence-corrected chi connectivity index (χ0v) is 18.7. The van der Waals surface area contributed by atoms with E-state index in [0.717, 1.165) is 22.3 Å². The molecule has 174 valence electrons. The van der Waals surface area contributed by atoms with Crippen molar-refractivity contribution in [2.75, 3.05) is 26.3 Å². The number of carboxylic acids is 1. The van der Waals surface area contributed by atoms with E-state index in [9.17, 15) is 19.5 Å². The van der Waals surface area contributed by atoms with Gasteiger partial charge in [0.15, 0.2) is 5.60 Å². The van der Waals surface area contributed by atoms with E-state index in [1.54, 1.807) is 6.92 Å². The lowest BCUT2D eigenvalue weighted by molar-refractivity contribution is -0.177. The Morgan fingerprint density at radius 2 is 1.76 bits per heavy atom. The van der Waals surface area contributed by atoms with Gasteiger partial charge < -0.3 is 24.8 Å². The van der Waals surface area contributed by atoms with Crippen LogP contribution in [0.25, 0.3) is 11.1 Å². The molecule has 2 aromatic carbocycles. The largest absolute Gasteiger partial charge is 0.479 e. The molecule has 1 saturated heterocycles. The number of hydrogen-bond donors (Lipinski definition) is 2. The van der Waals surface area contributed by atoms with Crippen molar-refractivity contribution < 1.29 is 29.0 Å². The molecule has 1 aliphatic heterocycles. The number of morpholine rings is 1. The van der Waals surface area contributed by atoms with Gasteiger partial charge in [0.05, 0.1) is 13.2 Å². The second-order valence-corrected chi connectivity index (χ2v) is 8.77. The van der Waals surface area contributed by atoms with Crippen molar-refractivity contribution in [3.63, 3.8) is 0 Å². The molecule has 8 heteroatoms. The minimum Gasteiger partial charge on any atom is -0.479 e. The molecule has 33 heavy (non-hydrogen) atoms. The number of aliphatic carboxylic acids is 1. The van der Waals surface area contributed by atoms with Crippen molar-refractivity contribution in [1.29, 1.82) is 0 Å². The summed E-state index contributed by atoms with van der Waals surface area (Å²) in [4.78, 5) is 37.9. The molecule has 2 aromatic rings. The minimum absolute atomic E-state index is 0.0289. The number of fused-ring (bicyclic) bond motifs is 3. The van der Waals surface area contributed by atoms with Gasteiger partial charge in [0.1, 0.15) is 6.61 Å². The second kappa shape index (κ2) is 9.23.